The van der Waals surface area contributed by atoms with Gasteiger partial charge < -0.3 is 4.74 Å². The fraction of sp³-hybridized carbons (Fsp3) is 0.278. The van der Waals surface area contributed by atoms with E-state index in [1.54, 1.807) is 0 Å². The first-order valence-electron chi connectivity index (χ1n) is 6.97. The van der Waals surface area contributed by atoms with Crippen molar-refractivity contribution in [1.29, 1.82) is 0 Å². The van der Waals surface area contributed by atoms with E-state index in [0.717, 1.165) is 24.0 Å². The van der Waals surface area contributed by atoms with E-state index in [9.17, 15) is 4.79 Å². The van der Waals surface area contributed by atoms with Crippen LogP contribution in [0.2, 0.25) is 0 Å². The Hall–Kier alpha value is -1.93. The van der Waals surface area contributed by atoms with Crippen molar-refractivity contribution in [3.63, 3.8) is 0 Å². The third kappa shape index (κ3) is 4.63. The van der Waals surface area contributed by atoms with Gasteiger partial charge in [0, 0.05) is 12.2 Å². The van der Waals surface area contributed by atoms with E-state index in [4.69, 9.17) is 4.74 Å². The number of hydrogen-bond donors (Lipinski definition) is 0. The van der Waals surface area contributed by atoms with Crippen LogP contribution in [0.15, 0.2) is 54.6 Å². The van der Waals surface area contributed by atoms with Gasteiger partial charge >= 0.3 is 0 Å². The first kappa shape index (κ1) is 14.5. The predicted molar refractivity (Wildman–Crippen MR) is 81.1 cm³/mol. The SMILES string of the molecule is Cc1cccc(C(=O)COCCCc2ccccc2)c1. The Kier molecular flexibility index (Phi) is 5.51. The summed E-state index contributed by atoms with van der Waals surface area (Å²) < 4.78 is 5.46. The Morgan fingerprint density at radius 1 is 1.05 bits per heavy atom. The Bertz CT molecular complexity index is 546. The molecule has 0 N–H and O–H groups in total. The molecule has 0 fully saturated rings. The van der Waals surface area contributed by atoms with Crippen molar-refractivity contribution in [1.82, 2.24) is 0 Å². The smallest absolute Gasteiger partial charge is 0.188 e. The summed E-state index contributed by atoms with van der Waals surface area (Å²) in [4.78, 5) is 11.9. The van der Waals surface area contributed by atoms with Gasteiger partial charge in [0.05, 0.1) is 0 Å². The minimum Gasteiger partial charge on any atom is -0.373 e. The summed E-state index contributed by atoms with van der Waals surface area (Å²) in [6.07, 6.45) is 1.92. The second kappa shape index (κ2) is 7.61. The molecule has 2 aromatic carbocycles. The molecule has 20 heavy (non-hydrogen) atoms. The molecular weight excluding hydrogens is 248 g/mol. The zero-order valence-corrected chi connectivity index (χ0v) is 11.8. The summed E-state index contributed by atoms with van der Waals surface area (Å²) in [6.45, 7) is 2.77. The molecule has 2 rings (SSSR count). The number of Topliss-reactive ketones (excluding diaryl/α,β-unsaturated/α-hetero) is 1. The van der Waals surface area contributed by atoms with E-state index in [1.807, 2.05) is 49.4 Å². The van der Waals surface area contributed by atoms with Crippen molar-refractivity contribution < 1.29 is 9.53 Å². The lowest BCUT2D eigenvalue weighted by Gasteiger charge is -2.05. The summed E-state index contributed by atoms with van der Waals surface area (Å²) in [7, 11) is 0. The molecule has 0 unspecified atom stereocenters. The number of benzene rings is 2. The normalized spacial score (nSPS) is 10.4. The molecule has 0 saturated heterocycles. The van der Waals surface area contributed by atoms with Gasteiger partial charge in [-0.3, -0.25) is 4.79 Å². The highest BCUT2D eigenvalue weighted by Crippen LogP contribution is 2.06. The highest BCUT2D eigenvalue weighted by atomic mass is 16.5. The molecule has 0 atom stereocenters. The van der Waals surface area contributed by atoms with E-state index in [2.05, 4.69) is 12.1 Å². The highest BCUT2D eigenvalue weighted by molar-refractivity contribution is 5.97. The predicted octanol–water partition coefficient (Wildman–Crippen LogP) is 3.83. The minimum absolute atomic E-state index is 0.0495. The molecule has 0 amide bonds. The van der Waals surface area contributed by atoms with Crippen molar-refractivity contribution in [3.8, 4) is 0 Å². The maximum absolute atomic E-state index is 11.9. The molecule has 2 heteroatoms. The summed E-state index contributed by atoms with van der Waals surface area (Å²) in [5.74, 6) is 0.0495. The molecule has 0 saturated carbocycles. The van der Waals surface area contributed by atoms with Crippen LogP contribution in [0.3, 0.4) is 0 Å². The molecule has 0 aliphatic carbocycles. The number of ether oxygens (including phenoxy) is 1. The second-order valence-electron chi connectivity index (χ2n) is 4.93. The van der Waals surface area contributed by atoms with Gasteiger partial charge in [-0.15, -0.1) is 0 Å². The van der Waals surface area contributed by atoms with Crippen molar-refractivity contribution in [2.45, 2.75) is 19.8 Å². The maximum atomic E-state index is 11.9. The lowest BCUT2D eigenvalue weighted by atomic mass is 10.1. The first-order valence-corrected chi connectivity index (χ1v) is 6.97. The van der Waals surface area contributed by atoms with Crippen LogP contribution in [0.4, 0.5) is 0 Å². The summed E-state index contributed by atoms with van der Waals surface area (Å²) >= 11 is 0. The summed E-state index contributed by atoms with van der Waals surface area (Å²) in [5.41, 5.74) is 3.13. The quantitative estimate of drug-likeness (QED) is 0.563. The fourth-order valence-electron chi connectivity index (χ4n) is 2.09. The molecule has 0 aromatic heterocycles. The first-order chi connectivity index (χ1) is 9.75. The van der Waals surface area contributed by atoms with Crippen molar-refractivity contribution in [2.75, 3.05) is 13.2 Å². The van der Waals surface area contributed by atoms with Gasteiger partial charge in [0.25, 0.3) is 0 Å². The van der Waals surface area contributed by atoms with Gasteiger partial charge in [-0.2, -0.15) is 0 Å². The molecule has 0 aliphatic heterocycles. The summed E-state index contributed by atoms with van der Waals surface area (Å²) in [6, 6.07) is 17.9. The van der Waals surface area contributed by atoms with Crippen LogP contribution in [0.5, 0.6) is 0 Å². The Morgan fingerprint density at radius 3 is 2.60 bits per heavy atom. The second-order valence-corrected chi connectivity index (χ2v) is 4.93. The van der Waals surface area contributed by atoms with E-state index >= 15 is 0 Å². The number of carbonyl (C=O) groups excluding carboxylic acids is 1. The Balaban J connectivity index is 1.67. The van der Waals surface area contributed by atoms with Crippen LogP contribution in [0, 0.1) is 6.92 Å². The monoisotopic (exact) mass is 268 g/mol. The molecule has 2 nitrogen and oxygen atoms in total. The topological polar surface area (TPSA) is 26.3 Å². The number of ketones is 1. The van der Waals surface area contributed by atoms with Gasteiger partial charge in [-0.05, 0) is 31.4 Å². The van der Waals surface area contributed by atoms with Crippen molar-refractivity contribution in [2.24, 2.45) is 0 Å². The molecule has 0 bridgehead atoms. The number of hydrogen-bond acceptors (Lipinski definition) is 2. The molecule has 2 aromatic rings. The minimum atomic E-state index is 0.0495. The summed E-state index contributed by atoms with van der Waals surface area (Å²) in [5, 5.41) is 0. The number of carbonyl (C=O) groups is 1. The van der Waals surface area contributed by atoms with Crippen LogP contribution in [-0.2, 0) is 11.2 Å². The maximum Gasteiger partial charge on any atom is 0.188 e. The highest BCUT2D eigenvalue weighted by Gasteiger charge is 2.05. The van der Waals surface area contributed by atoms with Gasteiger partial charge in [-0.25, -0.2) is 0 Å². The van der Waals surface area contributed by atoms with E-state index in [1.165, 1.54) is 5.56 Å². The fourth-order valence-corrected chi connectivity index (χ4v) is 2.09. The Labute approximate surface area is 120 Å². The van der Waals surface area contributed by atoms with Crippen LogP contribution in [0.1, 0.15) is 27.9 Å². The average molecular weight is 268 g/mol. The van der Waals surface area contributed by atoms with Crippen molar-refractivity contribution in [3.05, 3.63) is 71.3 Å². The third-order valence-electron chi connectivity index (χ3n) is 3.17. The van der Waals surface area contributed by atoms with Crippen LogP contribution >= 0.6 is 0 Å². The molecular formula is C18H20O2. The molecule has 0 aliphatic rings. The molecule has 0 heterocycles. The lowest BCUT2D eigenvalue weighted by molar-refractivity contribution is 0.0756. The van der Waals surface area contributed by atoms with Crippen LogP contribution < -0.4 is 0 Å². The van der Waals surface area contributed by atoms with Gasteiger partial charge in [0.1, 0.15) is 6.61 Å². The molecule has 0 spiro atoms. The van der Waals surface area contributed by atoms with Crippen LogP contribution in [0.25, 0.3) is 0 Å². The van der Waals surface area contributed by atoms with Gasteiger partial charge in [-0.1, -0.05) is 54.1 Å². The van der Waals surface area contributed by atoms with E-state index < -0.39 is 0 Å². The number of aryl methyl sites for hydroxylation is 2. The number of rotatable bonds is 7. The Morgan fingerprint density at radius 2 is 1.85 bits per heavy atom. The van der Waals surface area contributed by atoms with Crippen LogP contribution in [-0.4, -0.2) is 19.0 Å². The molecule has 0 radical (unpaired) electrons. The van der Waals surface area contributed by atoms with Gasteiger partial charge in [0.15, 0.2) is 5.78 Å². The zero-order valence-electron chi connectivity index (χ0n) is 11.8. The van der Waals surface area contributed by atoms with Crippen molar-refractivity contribution >= 4 is 5.78 Å². The lowest BCUT2D eigenvalue weighted by Crippen LogP contribution is -2.10. The van der Waals surface area contributed by atoms with E-state index in [0.29, 0.717) is 6.61 Å². The molecule has 104 valence electrons. The largest absolute Gasteiger partial charge is 0.373 e. The zero-order chi connectivity index (χ0) is 14.2. The average Bonchev–Trinajstić information content (AvgIpc) is 2.48. The third-order valence-corrected chi connectivity index (χ3v) is 3.17. The van der Waals surface area contributed by atoms with E-state index in [-0.39, 0.29) is 12.4 Å². The van der Waals surface area contributed by atoms with Gasteiger partial charge in [0.2, 0.25) is 0 Å². The standard InChI is InChI=1S/C18H20O2/c1-15-7-5-11-17(13-15)18(19)14-20-12-6-10-16-8-3-2-4-9-16/h2-5,7-9,11,13H,6,10,12,14H2,1H3.